The van der Waals surface area contributed by atoms with Gasteiger partial charge >= 0.3 is 0 Å². The Balaban J connectivity index is 1.93. The molecule has 0 aliphatic heterocycles. The lowest BCUT2D eigenvalue weighted by Gasteiger charge is -2.07. The molecule has 2 rings (SSSR count). The zero-order chi connectivity index (χ0) is 13.8. The quantitative estimate of drug-likeness (QED) is 0.641. The zero-order valence-corrected chi connectivity index (χ0v) is 12.4. The normalized spacial score (nSPS) is 10.4. The summed E-state index contributed by atoms with van der Waals surface area (Å²) in [6.07, 6.45) is 0. The standard InChI is InChI=1S/C10H11BrN6OS/c1-17-10(14-15-16-17)19-5-9(18)13-8-3-2-6(12)4-7(8)11/h2-4H,5,12H2,1H3,(H,13,18). The van der Waals surface area contributed by atoms with Crippen molar-refractivity contribution in [1.82, 2.24) is 20.2 Å². The highest BCUT2D eigenvalue weighted by atomic mass is 79.9. The Morgan fingerprint density at radius 1 is 1.58 bits per heavy atom. The number of nitrogens with zero attached hydrogens (tertiary/aromatic N) is 4. The van der Waals surface area contributed by atoms with Gasteiger partial charge < -0.3 is 11.1 Å². The Hall–Kier alpha value is -1.61. The Labute approximate surface area is 122 Å². The number of nitrogens with one attached hydrogen (secondary N) is 1. The number of carbonyl (C=O) groups excluding carboxylic acids is 1. The molecule has 0 unspecified atom stereocenters. The van der Waals surface area contributed by atoms with Crippen LogP contribution in [0.4, 0.5) is 11.4 Å². The summed E-state index contributed by atoms with van der Waals surface area (Å²) in [5.41, 5.74) is 6.93. The van der Waals surface area contributed by atoms with Crippen LogP contribution in [0.2, 0.25) is 0 Å². The van der Waals surface area contributed by atoms with Crippen LogP contribution in [0.15, 0.2) is 27.8 Å². The molecule has 0 atom stereocenters. The summed E-state index contributed by atoms with van der Waals surface area (Å²) >= 11 is 4.60. The smallest absolute Gasteiger partial charge is 0.234 e. The van der Waals surface area contributed by atoms with Gasteiger partial charge in [-0.1, -0.05) is 11.8 Å². The van der Waals surface area contributed by atoms with Crippen LogP contribution in [0.25, 0.3) is 0 Å². The predicted octanol–water partition coefficient (Wildman–Crippen LogP) is 1.29. The second-order valence-corrected chi connectivity index (χ2v) is 5.46. The number of tetrazole rings is 1. The first-order valence-corrected chi connectivity index (χ1v) is 7.04. The maximum absolute atomic E-state index is 11.8. The fraction of sp³-hybridized carbons (Fsp3) is 0.200. The number of thioether (sulfide) groups is 1. The molecule has 0 aliphatic carbocycles. The van der Waals surface area contributed by atoms with E-state index in [1.165, 1.54) is 16.4 Å². The summed E-state index contributed by atoms with van der Waals surface area (Å²) in [7, 11) is 1.72. The van der Waals surface area contributed by atoms with E-state index in [0.29, 0.717) is 16.5 Å². The van der Waals surface area contributed by atoms with Gasteiger partial charge in [0.25, 0.3) is 0 Å². The molecule has 0 saturated carbocycles. The van der Waals surface area contributed by atoms with Gasteiger partial charge in [0, 0.05) is 17.2 Å². The van der Waals surface area contributed by atoms with E-state index in [0.717, 1.165) is 4.47 Å². The molecule has 1 aromatic carbocycles. The molecule has 7 nitrogen and oxygen atoms in total. The minimum absolute atomic E-state index is 0.140. The van der Waals surface area contributed by atoms with E-state index in [-0.39, 0.29) is 11.7 Å². The molecule has 0 bridgehead atoms. The number of carbonyl (C=O) groups is 1. The van der Waals surface area contributed by atoms with Crippen molar-refractivity contribution in [1.29, 1.82) is 0 Å². The van der Waals surface area contributed by atoms with E-state index in [1.807, 2.05) is 0 Å². The molecule has 2 aromatic rings. The average molecular weight is 343 g/mol. The molecule has 1 aromatic heterocycles. The van der Waals surface area contributed by atoms with Crippen LogP contribution in [0.1, 0.15) is 0 Å². The molecule has 1 heterocycles. The molecule has 0 fully saturated rings. The summed E-state index contributed by atoms with van der Waals surface area (Å²) in [6.45, 7) is 0. The largest absolute Gasteiger partial charge is 0.399 e. The molecule has 9 heteroatoms. The minimum Gasteiger partial charge on any atom is -0.399 e. The summed E-state index contributed by atoms with van der Waals surface area (Å²) in [4.78, 5) is 11.8. The monoisotopic (exact) mass is 342 g/mol. The number of anilines is 2. The van der Waals surface area contributed by atoms with Crippen molar-refractivity contribution < 1.29 is 4.79 Å². The van der Waals surface area contributed by atoms with Gasteiger partial charge in [0.1, 0.15) is 0 Å². The SMILES string of the molecule is Cn1nnnc1SCC(=O)Nc1ccc(N)cc1Br. The van der Waals surface area contributed by atoms with Gasteiger partial charge in [-0.2, -0.15) is 0 Å². The molecular formula is C10H11BrN6OS. The van der Waals surface area contributed by atoms with E-state index in [4.69, 9.17) is 5.73 Å². The topological polar surface area (TPSA) is 98.7 Å². The first kappa shape index (κ1) is 13.8. The summed E-state index contributed by atoms with van der Waals surface area (Å²) in [5, 5.41) is 14.3. The highest BCUT2D eigenvalue weighted by Gasteiger charge is 2.09. The summed E-state index contributed by atoms with van der Waals surface area (Å²) < 4.78 is 2.25. The van der Waals surface area contributed by atoms with Crippen LogP contribution in [0.5, 0.6) is 0 Å². The number of aromatic nitrogens is 4. The van der Waals surface area contributed by atoms with Crippen LogP contribution in [-0.2, 0) is 11.8 Å². The highest BCUT2D eigenvalue weighted by Crippen LogP contribution is 2.25. The molecule has 0 spiro atoms. The van der Waals surface area contributed by atoms with Gasteiger partial charge in [0.05, 0.1) is 11.4 Å². The van der Waals surface area contributed by atoms with Gasteiger partial charge in [-0.05, 0) is 44.6 Å². The van der Waals surface area contributed by atoms with Gasteiger partial charge in [-0.15, -0.1) is 5.10 Å². The Morgan fingerprint density at radius 2 is 2.37 bits per heavy atom. The number of aryl methyl sites for hydroxylation is 1. The third kappa shape index (κ3) is 3.67. The van der Waals surface area contributed by atoms with Crippen molar-refractivity contribution in [2.24, 2.45) is 7.05 Å². The van der Waals surface area contributed by atoms with E-state index < -0.39 is 0 Å². The lowest BCUT2D eigenvalue weighted by molar-refractivity contribution is -0.113. The molecule has 19 heavy (non-hydrogen) atoms. The average Bonchev–Trinajstić information content (AvgIpc) is 2.76. The molecular weight excluding hydrogens is 332 g/mol. The molecule has 1 amide bonds. The van der Waals surface area contributed by atoms with E-state index in [1.54, 1.807) is 25.2 Å². The van der Waals surface area contributed by atoms with Crippen LogP contribution < -0.4 is 11.1 Å². The molecule has 0 aliphatic rings. The lowest BCUT2D eigenvalue weighted by Crippen LogP contribution is -2.15. The first-order valence-electron chi connectivity index (χ1n) is 5.26. The number of rotatable bonds is 4. The number of hydrogen-bond donors (Lipinski definition) is 2. The van der Waals surface area contributed by atoms with Gasteiger partial charge in [-0.25, -0.2) is 4.68 Å². The van der Waals surface area contributed by atoms with Crippen molar-refractivity contribution in [3.05, 3.63) is 22.7 Å². The van der Waals surface area contributed by atoms with Crippen molar-refractivity contribution in [3.63, 3.8) is 0 Å². The summed E-state index contributed by atoms with van der Waals surface area (Å²) in [6, 6.07) is 5.20. The second-order valence-electron chi connectivity index (χ2n) is 3.66. The first-order chi connectivity index (χ1) is 9.06. The second kappa shape index (κ2) is 6.02. The predicted molar refractivity (Wildman–Crippen MR) is 76.7 cm³/mol. The Bertz CT molecular complexity index is 601. The van der Waals surface area contributed by atoms with Crippen molar-refractivity contribution in [2.75, 3.05) is 16.8 Å². The Morgan fingerprint density at radius 3 is 3.00 bits per heavy atom. The minimum atomic E-state index is -0.140. The number of benzene rings is 1. The van der Waals surface area contributed by atoms with Crippen molar-refractivity contribution in [2.45, 2.75) is 5.16 Å². The molecule has 0 saturated heterocycles. The van der Waals surface area contributed by atoms with Gasteiger partial charge in [0.2, 0.25) is 11.1 Å². The Kier molecular flexibility index (Phi) is 4.38. The van der Waals surface area contributed by atoms with Crippen LogP contribution in [-0.4, -0.2) is 31.9 Å². The van der Waals surface area contributed by atoms with Crippen LogP contribution in [0, 0.1) is 0 Å². The molecule has 0 radical (unpaired) electrons. The third-order valence-corrected chi connectivity index (χ3v) is 3.85. The van der Waals surface area contributed by atoms with Crippen LogP contribution >= 0.6 is 27.7 Å². The fourth-order valence-corrected chi connectivity index (χ4v) is 2.44. The number of nitrogens with two attached hydrogens (primary N) is 1. The fourth-order valence-electron chi connectivity index (χ4n) is 1.29. The molecule has 100 valence electrons. The van der Waals surface area contributed by atoms with E-state index in [2.05, 4.69) is 36.8 Å². The van der Waals surface area contributed by atoms with Crippen LogP contribution in [0.3, 0.4) is 0 Å². The van der Waals surface area contributed by atoms with Crippen molar-refractivity contribution in [3.8, 4) is 0 Å². The van der Waals surface area contributed by atoms with E-state index in [9.17, 15) is 4.79 Å². The van der Waals surface area contributed by atoms with Crippen molar-refractivity contribution >= 4 is 45.0 Å². The number of hydrogen-bond acceptors (Lipinski definition) is 6. The highest BCUT2D eigenvalue weighted by molar-refractivity contribution is 9.10. The number of amides is 1. The van der Waals surface area contributed by atoms with E-state index >= 15 is 0 Å². The zero-order valence-electron chi connectivity index (χ0n) is 10.00. The molecule has 3 N–H and O–H groups in total. The maximum Gasteiger partial charge on any atom is 0.234 e. The number of nitrogen functional groups attached to an aromatic ring is 1. The third-order valence-electron chi connectivity index (χ3n) is 2.18. The number of halogens is 1. The van der Waals surface area contributed by atoms with Gasteiger partial charge in [0.15, 0.2) is 0 Å². The summed E-state index contributed by atoms with van der Waals surface area (Å²) in [5.74, 6) is 0.0869. The maximum atomic E-state index is 11.8. The van der Waals surface area contributed by atoms with Gasteiger partial charge in [-0.3, -0.25) is 4.79 Å². The lowest BCUT2D eigenvalue weighted by atomic mass is 10.3.